The van der Waals surface area contributed by atoms with E-state index in [2.05, 4.69) is 15.3 Å². The molecule has 0 aliphatic carbocycles. The highest BCUT2D eigenvalue weighted by Gasteiger charge is 2.22. The number of piperidine rings is 1. The number of anilines is 3. The number of nitrogens with zero attached hydrogens (tertiary/aromatic N) is 3. The first-order valence-corrected chi connectivity index (χ1v) is 9.72. The van der Waals surface area contributed by atoms with Crippen LogP contribution in [0.25, 0.3) is 11.3 Å². The van der Waals surface area contributed by atoms with Crippen molar-refractivity contribution in [2.24, 2.45) is 0 Å². The number of aliphatic hydroxyl groups excluding tert-OH is 1. The summed E-state index contributed by atoms with van der Waals surface area (Å²) in [6.07, 6.45) is 4.38. The number of hydrogen-bond donors (Lipinski definition) is 3. The van der Waals surface area contributed by atoms with Crippen LogP contribution in [-0.4, -0.2) is 40.2 Å². The molecule has 0 bridgehead atoms. The van der Waals surface area contributed by atoms with Gasteiger partial charge in [-0.05, 0) is 43.2 Å². The van der Waals surface area contributed by atoms with E-state index in [0.29, 0.717) is 17.9 Å². The Morgan fingerprint density at radius 3 is 2.87 bits per heavy atom. The van der Waals surface area contributed by atoms with Crippen molar-refractivity contribution in [1.29, 1.82) is 0 Å². The molecule has 0 radical (unpaired) electrons. The molecule has 0 spiro atoms. The molecule has 30 heavy (non-hydrogen) atoms. The van der Waals surface area contributed by atoms with E-state index >= 15 is 0 Å². The zero-order valence-electron chi connectivity index (χ0n) is 16.3. The average Bonchev–Trinajstić information content (AvgIpc) is 2.75. The van der Waals surface area contributed by atoms with Crippen LogP contribution < -0.4 is 16.0 Å². The molecule has 4 N–H and O–H groups in total. The number of benzene rings is 1. The summed E-state index contributed by atoms with van der Waals surface area (Å²) in [6.45, 7) is 1.25. The van der Waals surface area contributed by atoms with Gasteiger partial charge in [0.05, 0.1) is 35.1 Å². The predicted molar refractivity (Wildman–Crippen MR) is 114 cm³/mol. The van der Waals surface area contributed by atoms with Crippen LogP contribution >= 0.6 is 0 Å². The van der Waals surface area contributed by atoms with Gasteiger partial charge in [-0.2, -0.15) is 0 Å². The molecule has 3 heterocycles. The minimum Gasteiger partial charge on any atom is -0.397 e. The predicted octanol–water partition coefficient (Wildman–Crippen LogP) is 3.08. The Hall–Kier alpha value is -3.52. The first-order valence-electron chi connectivity index (χ1n) is 9.72. The Morgan fingerprint density at radius 2 is 2.07 bits per heavy atom. The number of hydrogen-bond acceptors (Lipinski definition) is 6. The zero-order chi connectivity index (χ0) is 21.1. The molecule has 1 amide bonds. The van der Waals surface area contributed by atoms with E-state index in [4.69, 9.17) is 5.73 Å². The van der Waals surface area contributed by atoms with Crippen molar-refractivity contribution in [3.05, 3.63) is 66.4 Å². The highest BCUT2D eigenvalue weighted by Crippen LogP contribution is 2.29. The molecule has 0 saturated carbocycles. The molecule has 3 aromatic rings. The fraction of sp³-hybridized carbons (Fsp3) is 0.227. The van der Waals surface area contributed by atoms with Crippen molar-refractivity contribution in [3.8, 4) is 11.3 Å². The quantitative estimate of drug-likeness (QED) is 0.614. The second kappa shape index (κ2) is 8.46. The third-order valence-corrected chi connectivity index (χ3v) is 5.07. The molecule has 7 nitrogen and oxygen atoms in total. The van der Waals surface area contributed by atoms with Gasteiger partial charge in [0, 0.05) is 24.8 Å². The van der Waals surface area contributed by atoms with Gasteiger partial charge in [-0.25, -0.2) is 9.37 Å². The van der Waals surface area contributed by atoms with E-state index in [1.54, 1.807) is 42.7 Å². The lowest BCUT2D eigenvalue weighted by Gasteiger charge is -2.33. The minimum absolute atomic E-state index is 0.00392. The lowest BCUT2D eigenvalue weighted by Crippen LogP contribution is -2.38. The Morgan fingerprint density at radius 1 is 1.23 bits per heavy atom. The number of nitrogens with one attached hydrogen (secondary N) is 1. The molecule has 1 fully saturated rings. The number of carbonyl (C=O) groups is 1. The lowest BCUT2D eigenvalue weighted by atomic mass is 10.1. The number of aromatic nitrogens is 2. The second-order valence-corrected chi connectivity index (χ2v) is 7.20. The van der Waals surface area contributed by atoms with E-state index < -0.39 is 17.8 Å². The van der Waals surface area contributed by atoms with E-state index in [1.165, 1.54) is 12.1 Å². The van der Waals surface area contributed by atoms with Crippen molar-refractivity contribution in [3.63, 3.8) is 0 Å². The first kappa shape index (κ1) is 19.8. The highest BCUT2D eigenvalue weighted by molar-refractivity contribution is 6.07. The fourth-order valence-corrected chi connectivity index (χ4v) is 3.58. The van der Waals surface area contributed by atoms with Crippen molar-refractivity contribution in [2.45, 2.75) is 18.9 Å². The molecule has 1 atom stereocenters. The van der Waals surface area contributed by atoms with Gasteiger partial charge < -0.3 is 21.1 Å². The fourth-order valence-electron chi connectivity index (χ4n) is 3.58. The number of carbonyl (C=O) groups excluding carboxylic acids is 1. The van der Waals surface area contributed by atoms with Crippen LogP contribution in [0, 0.1) is 5.82 Å². The van der Waals surface area contributed by atoms with Gasteiger partial charge in [0.15, 0.2) is 5.69 Å². The molecule has 154 valence electrons. The maximum Gasteiger partial charge on any atom is 0.276 e. The third-order valence-electron chi connectivity index (χ3n) is 5.07. The zero-order valence-corrected chi connectivity index (χ0v) is 16.3. The van der Waals surface area contributed by atoms with Crippen LogP contribution in [0.15, 0.2) is 54.9 Å². The number of nitrogens with two attached hydrogens (primary N) is 1. The Kier molecular flexibility index (Phi) is 5.58. The van der Waals surface area contributed by atoms with Crippen molar-refractivity contribution in [2.75, 3.05) is 29.0 Å². The number of β-amino-alcohol motifs (C(OH)–C–C–N with tert-alkyl or cyclic N) is 1. The van der Waals surface area contributed by atoms with Gasteiger partial charge in [-0.3, -0.25) is 9.78 Å². The van der Waals surface area contributed by atoms with Crippen molar-refractivity contribution >= 4 is 23.0 Å². The molecule has 4 rings (SSSR count). The smallest absolute Gasteiger partial charge is 0.276 e. The average molecular weight is 407 g/mol. The van der Waals surface area contributed by atoms with Gasteiger partial charge in [0.1, 0.15) is 5.82 Å². The summed E-state index contributed by atoms with van der Waals surface area (Å²) in [5.41, 5.74) is 8.04. The summed E-state index contributed by atoms with van der Waals surface area (Å²) >= 11 is 0. The maximum atomic E-state index is 14.1. The van der Waals surface area contributed by atoms with Gasteiger partial charge in [0.2, 0.25) is 0 Å². The molecule has 1 aliphatic rings. The van der Waals surface area contributed by atoms with Crippen LogP contribution in [0.4, 0.5) is 21.5 Å². The largest absolute Gasteiger partial charge is 0.397 e. The maximum absolute atomic E-state index is 14.1. The van der Waals surface area contributed by atoms with E-state index in [-0.39, 0.29) is 16.9 Å². The van der Waals surface area contributed by atoms with E-state index in [9.17, 15) is 14.3 Å². The van der Waals surface area contributed by atoms with Crippen LogP contribution in [-0.2, 0) is 0 Å². The number of aliphatic hydroxyl groups is 1. The summed E-state index contributed by atoms with van der Waals surface area (Å²) in [5, 5.41) is 12.8. The van der Waals surface area contributed by atoms with Crippen LogP contribution in [0.1, 0.15) is 23.3 Å². The van der Waals surface area contributed by atoms with Gasteiger partial charge in [0.25, 0.3) is 5.91 Å². The molecule has 1 aliphatic heterocycles. The van der Waals surface area contributed by atoms with Gasteiger partial charge >= 0.3 is 0 Å². The van der Waals surface area contributed by atoms with Crippen LogP contribution in [0.5, 0.6) is 0 Å². The normalized spacial score (nSPS) is 16.3. The Labute approximate surface area is 173 Å². The molecule has 8 heteroatoms. The molecule has 0 unspecified atom stereocenters. The number of halogens is 1. The molecular weight excluding hydrogens is 385 g/mol. The second-order valence-electron chi connectivity index (χ2n) is 7.20. The van der Waals surface area contributed by atoms with E-state index in [1.807, 2.05) is 4.90 Å². The number of amides is 1. The van der Waals surface area contributed by atoms with Crippen molar-refractivity contribution in [1.82, 2.24) is 9.97 Å². The topological polar surface area (TPSA) is 104 Å². The summed E-state index contributed by atoms with van der Waals surface area (Å²) in [7, 11) is 0. The van der Waals surface area contributed by atoms with Crippen molar-refractivity contribution < 1.29 is 14.3 Å². The van der Waals surface area contributed by atoms with Crippen LogP contribution in [0.2, 0.25) is 0 Å². The summed E-state index contributed by atoms with van der Waals surface area (Å²) in [4.78, 5) is 23.4. The third kappa shape index (κ3) is 4.08. The lowest BCUT2D eigenvalue weighted by molar-refractivity contribution is 0.102. The first-order chi connectivity index (χ1) is 14.5. The monoisotopic (exact) mass is 407 g/mol. The molecule has 1 saturated heterocycles. The molecular formula is C22H22FN5O2. The Bertz CT molecular complexity index is 1070. The number of nitrogen functional groups attached to an aromatic ring is 1. The molecule has 2 aromatic heterocycles. The van der Waals surface area contributed by atoms with Gasteiger partial charge in [-0.1, -0.05) is 12.1 Å². The van der Waals surface area contributed by atoms with Crippen LogP contribution in [0.3, 0.4) is 0 Å². The minimum atomic E-state index is -0.516. The summed E-state index contributed by atoms with van der Waals surface area (Å²) in [5.74, 6) is -0.947. The summed E-state index contributed by atoms with van der Waals surface area (Å²) < 4.78 is 14.1. The van der Waals surface area contributed by atoms with Gasteiger partial charge in [-0.15, -0.1) is 0 Å². The molecule has 1 aromatic carbocycles. The summed E-state index contributed by atoms with van der Waals surface area (Å²) in [6, 6.07) is 11.1. The van der Waals surface area contributed by atoms with E-state index in [0.717, 1.165) is 25.1 Å². The number of rotatable bonds is 4. The SMILES string of the molecule is Nc1ccc(-c2ccccc2F)nc1C(=O)Nc1cnccc1N1CCC[C@@H](O)C1. The standard InChI is InChI=1S/C22H22FN5O2/c23-16-6-2-1-5-15(16)18-8-7-17(24)21(26-18)22(30)27-19-12-25-10-9-20(19)28-11-3-4-14(29)13-28/h1-2,5-10,12,14,29H,3-4,11,13,24H2,(H,27,30)/t14-/m1/s1. The number of pyridine rings is 2. The highest BCUT2D eigenvalue weighted by atomic mass is 19.1. The Balaban J connectivity index is 1.62.